The van der Waals surface area contributed by atoms with Crippen LogP contribution in [0, 0.1) is 5.92 Å². The van der Waals surface area contributed by atoms with Gasteiger partial charge in [-0.2, -0.15) is 0 Å². The van der Waals surface area contributed by atoms with Gasteiger partial charge in [0.2, 0.25) is 0 Å². The predicted octanol–water partition coefficient (Wildman–Crippen LogP) is 3.59. The zero-order valence-electron chi connectivity index (χ0n) is 11.6. The fourth-order valence-electron chi connectivity index (χ4n) is 2.83. The Bertz CT molecular complexity index is 542. The van der Waals surface area contributed by atoms with Crippen LogP contribution in [0.4, 0.5) is 5.69 Å². The maximum absolute atomic E-state index is 3.60. The molecule has 1 N–H and O–H groups in total. The number of fused-ring (bicyclic) bond motifs is 1. The van der Waals surface area contributed by atoms with Crippen molar-refractivity contribution in [2.75, 3.05) is 32.0 Å². The third-order valence-corrected chi connectivity index (χ3v) is 4.18. The Hall–Kier alpha value is -1.54. The molecular formula is C17H22N2. The SMILES string of the molecule is CN1CCC(CNc2ccc3ccccc3c2)CC1. The Balaban J connectivity index is 1.62. The number of hydrogen-bond acceptors (Lipinski definition) is 2. The van der Waals surface area contributed by atoms with Gasteiger partial charge in [0.1, 0.15) is 0 Å². The van der Waals surface area contributed by atoms with Crippen molar-refractivity contribution in [3.05, 3.63) is 42.5 Å². The molecule has 19 heavy (non-hydrogen) atoms. The second-order valence-electron chi connectivity index (χ2n) is 5.69. The highest BCUT2D eigenvalue weighted by Crippen LogP contribution is 2.21. The number of rotatable bonds is 3. The molecule has 0 aliphatic carbocycles. The second kappa shape index (κ2) is 5.62. The predicted molar refractivity (Wildman–Crippen MR) is 82.7 cm³/mol. The molecule has 0 unspecified atom stereocenters. The van der Waals surface area contributed by atoms with Crippen LogP contribution in [0.25, 0.3) is 10.8 Å². The summed E-state index contributed by atoms with van der Waals surface area (Å²) in [6.07, 6.45) is 2.63. The fourth-order valence-corrected chi connectivity index (χ4v) is 2.83. The lowest BCUT2D eigenvalue weighted by Crippen LogP contribution is -2.32. The van der Waals surface area contributed by atoms with Gasteiger partial charge in [-0.1, -0.05) is 30.3 Å². The molecule has 2 aromatic rings. The Labute approximate surface area is 115 Å². The molecule has 0 saturated carbocycles. The third kappa shape index (κ3) is 3.07. The highest BCUT2D eigenvalue weighted by Gasteiger charge is 2.15. The molecular weight excluding hydrogens is 232 g/mol. The van der Waals surface area contributed by atoms with Crippen LogP contribution in [-0.4, -0.2) is 31.6 Å². The molecule has 3 rings (SSSR count). The van der Waals surface area contributed by atoms with Gasteiger partial charge < -0.3 is 10.2 Å². The summed E-state index contributed by atoms with van der Waals surface area (Å²) in [5.41, 5.74) is 1.25. The minimum Gasteiger partial charge on any atom is -0.385 e. The highest BCUT2D eigenvalue weighted by molar-refractivity contribution is 5.85. The van der Waals surface area contributed by atoms with Gasteiger partial charge in [0.05, 0.1) is 0 Å². The van der Waals surface area contributed by atoms with Crippen molar-refractivity contribution < 1.29 is 0 Å². The van der Waals surface area contributed by atoms with E-state index in [1.165, 1.54) is 42.4 Å². The second-order valence-corrected chi connectivity index (χ2v) is 5.69. The summed E-state index contributed by atoms with van der Waals surface area (Å²) in [4.78, 5) is 2.42. The van der Waals surface area contributed by atoms with Gasteiger partial charge in [0.15, 0.2) is 0 Å². The average molecular weight is 254 g/mol. The third-order valence-electron chi connectivity index (χ3n) is 4.18. The van der Waals surface area contributed by atoms with E-state index in [1.54, 1.807) is 0 Å². The number of nitrogens with zero attached hydrogens (tertiary/aromatic N) is 1. The minimum absolute atomic E-state index is 0.822. The minimum atomic E-state index is 0.822. The number of benzene rings is 2. The van der Waals surface area contributed by atoms with Crippen LogP contribution in [0.15, 0.2) is 42.5 Å². The normalized spacial score (nSPS) is 17.7. The van der Waals surface area contributed by atoms with Crippen LogP contribution in [0.3, 0.4) is 0 Å². The molecule has 2 heteroatoms. The standard InChI is InChI=1S/C17H22N2/c1-19-10-8-14(9-11-19)13-18-17-7-6-15-4-2-3-5-16(15)12-17/h2-7,12,14,18H,8-11,13H2,1H3. The van der Waals surface area contributed by atoms with Crippen LogP contribution in [-0.2, 0) is 0 Å². The van der Waals surface area contributed by atoms with Crippen molar-refractivity contribution in [2.24, 2.45) is 5.92 Å². The van der Waals surface area contributed by atoms with Crippen LogP contribution in [0.5, 0.6) is 0 Å². The maximum atomic E-state index is 3.60. The molecule has 0 atom stereocenters. The van der Waals surface area contributed by atoms with E-state index in [4.69, 9.17) is 0 Å². The van der Waals surface area contributed by atoms with E-state index in [2.05, 4.69) is 59.7 Å². The van der Waals surface area contributed by atoms with Gasteiger partial charge in [-0.15, -0.1) is 0 Å². The largest absolute Gasteiger partial charge is 0.385 e. The molecule has 1 aliphatic heterocycles. The molecule has 1 saturated heterocycles. The monoisotopic (exact) mass is 254 g/mol. The van der Waals surface area contributed by atoms with Crippen molar-refractivity contribution in [3.8, 4) is 0 Å². The Kier molecular flexibility index (Phi) is 3.69. The molecule has 100 valence electrons. The van der Waals surface area contributed by atoms with E-state index in [0.717, 1.165) is 12.5 Å². The molecule has 1 heterocycles. The lowest BCUT2D eigenvalue weighted by atomic mass is 9.97. The van der Waals surface area contributed by atoms with E-state index in [-0.39, 0.29) is 0 Å². The Morgan fingerprint density at radius 3 is 2.58 bits per heavy atom. The van der Waals surface area contributed by atoms with Gasteiger partial charge in [0.25, 0.3) is 0 Å². The summed E-state index contributed by atoms with van der Waals surface area (Å²) in [7, 11) is 2.22. The van der Waals surface area contributed by atoms with Crippen LogP contribution < -0.4 is 5.32 Å². The quantitative estimate of drug-likeness (QED) is 0.900. The lowest BCUT2D eigenvalue weighted by molar-refractivity contribution is 0.226. The van der Waals surface area contributed by atoms with Gasteiger partial charge in [-0.25, -0.2) is 0 Å². The van der Waals surface area contributed by atoms with E-state index in [9.17, 15) is 0 Å². The summed E-state index contributed by atoms with van der Waals surface area (Å²) in [5.74, 6) is 0.822. The molecule has 1 aliphatic rings. The molecule has 2 nitrogen and oxygen atoms in total. The topological polar surface area (TPSA) is 15.3 Å². The molecule has 0 spiro atoms. The molecule has 0 aromatic heterocycles. The molecule has 2 aromatic carbocycles. The summed E-state index contributed by atoms with van der Waals surface area (Å²) in [5, 5.41) is 6.23. The molecule has 1 fully saturated rings. The van der Waals surface area contributed by atoms with E-state index in [0.29, 0.717) is 0 Å². The lowest BCUT2D eigenvalue weighted by Gasteiger charge is -2.29. The number of anilines is 1. The van der Waals surface area contributed by atoms with E-state index < -0.39 is 0 Å². The molecule has 0 amide bonds. The van der Waals surface area contributed by atoms with Gasteiger partial charge in [-0.05, 0) is 61.8 Å². The van der Waals surface area contributed by atoms with Crippen molar-refractivity contribution in [1.29, 1.82) is 0 Å². The summed E-state index contributed by atoms with van der Waals surface area (Å²) >= 11 is 0. The van der Waals surface area contributed by atoms with E-state index >= 15 is 0 Å². The first-order chi connectivity index (χ1) is 9.31. The molecule has 0 radical (unpaired) electrons. The van der Waals surface area contributed by atoms with Crippen molar-refractivity contribution in [2.45, 2.75) is 12.8 Å². The zero-order chi connectivity index (χ0) is 13.1. The highest BCUT2D eigenvalue weighted by atomic mass is 15.1. The van der Waals surface area contributed by atoms with Gasteiger partial charge in [0, 0.05) is 12.2 Å². The summed E-state index contributed by atoms with van der Waals surface area (Å²) in [6, 6.07) is 15.2. The first-order valence-corrected chi connectivity index (χ1v) is 7.22. The summed E-state index contributed by atoms with van der Waals surface area (Å²) < 4.78 is 0. The number of piperidine rings is 1. The summed E-state index contributed by atoms with van der Waals surface area (Å²) in [6.45, 7) is 3.58. The van der Waals surface area contributed by atoms with Crippen LogP contribution in [0.1, 0.15) is 12.8 Å². The van der Waals surface area contributed by atoms with Crippen LogP contribution in [0.2, 0.25) is 0 Å². The van der Waals surface area contributed by atoms with Gasteiger partial charge in [-0.3, -0.25) is 0 Å². The maximum Gasteiger partial charge on any atom is 0.0346 e. The number of likely N-dealkylation sites (tertiary alicyclic amines) is 1. The molecule has 0 bridgehead atoms. The van der Waals surface area contributed by atoms with Crippen molar-refractivity contribution >= 4 is 16.5 Å². The fraction of sp³-hybridized carbons (Fsp3) is 0.412. The first-order valence-electron chi connectivity index (χ1n) is 7.22. The Morgan fingerprint density at radius 2 is 1.79 bits per heavy atom. The van der Waals surface area contributed by atoms with Crippen LogP contribution >= 0.6 is 0 Å². The van der Waals surface area contributed by atoms with Crippen molar-refractivity contribution in [1.82, 2.24) is 4.90 Å². The average Bonchev–Trinajstić information content (AvgIpc) is 2.46. The van der Waals surface area contributed by atoms with E-state index in [1.807, 2.05) is 0 Å². The Morgan fingerprint density at radius 1 is 1.05 bits per heavy atom. The van der Waals surface area contributed by atoms with Gasteiger partial charge >= 0.3 is 0 Å². The zero-order valence-corrected chi connectivity index (χ0v) is 11.6. The first kappa shape index (κ1) is 12.5. The van der Waals surface area contributed by atoms with Crippen molar-refractivity contribution in [3.63, 3.8) is 0 Å². The number of nitrogens with one attached hydrogen (secondary N) is 1. The smallest absolute Gasteiger partial charge is 0.0346 e. The number of hydrogen-bond donors (Lipinski definition) is 1.